The minimum atomic E-state index is -0.428. The maximum Gasteiger partial charge on any atom is 0.244 e. The molecule has 1 atom stereocenters. The first-order chi connectivity index (χ1) is 9.34. The Kier molecular flexibility index (Phi) is 4.05. The summed E-state index contributed by atoms with van der Waals surface area (Å²) in [6.45, 7) is 6.68. The van der Waals surface area contributed by atoms with Crippen LogP contribution in [0.5, 0.6) is 0 Å². The zero-order valence-corrected chi connectivity index (χ0v) is 13.5. The van der Waals surface area contributed by atoms with Gasteiger partial charge in [0.25, 0.3) is 0 Å². The topological polar surface area (TPSA) is 56.1 Å². The number of nitriles is 1. The van der Waals surface area contributed by atoms with Crippen molar-refractivity contribution in [1.29, 1.82) is 5.26 Å². The van der Waals surface area contributed by atoms with E-state index in [9.17, 15) is 4.79 Å². The van der Waals surface area contributed by atoms with Gasteiger partial charge in [-0.15, -0.1) is 0 Å². The zero-order valence-electron chi connectivity index (χ0n) is 11.9. The van der Waals surface area contributed by atoms with Gasteiger partial charge in [-0.3, -0.25) is 4.79 Å². The van der Waals surface area contributed by atoms with Crippen LogP contribution in [0.1, 0.15) is 25.8 Å². The molecule has 0 aliphatic carbocycles. The molecule has 1 aliphatic heterocycles. The van der Waals surface area contributed by atoms with Crippen LogP contribution in [0.2, 0.25) is 0 Å². The van der Waals surface area contributed by atoms with E-state index in [1.165, 1.54) is 0 Å². The van der Waals surface area contributed by atoms with Crippen LogP contribution in [0.4, 0.5) is 5.69 Å². The van der Waals surface area contributed by atoms with E-state index in [0.717, 1.165) is 15.7 Å². The molecule has 1 fully saturated rings. The number of hydrogen-bond acceptors (Lipinski definition) is 3. The predicted octanol–water partition coefficient (Wildman–Crippen LogP) is 2.75. The summed E-state index contributed by atoms with van der Waals surface area (Å²) in [6, 6.07) is 7.70. The average molecular weight is 336 g/mol. The SMILES string of the molecule is Cc1ccc(N2CC(C)(C)NC(=O)C2CC#N)cc1Br. The molecular weight excluding hydrogens is 318 g/mol. The molecule has 1 heterocycles. The fourth-order valence-corrected chi connectivity index (χ4v) is 2.82. The molecular formula is C15H18BrN3O. The van der Waals surface area contributed by atoms with E-state index in [-0.39, 0.29) is 17.9 Å². The second-order valence-corrected chi connectivity index (χ2v) is 6.67. The lowest BCUT2D eigenvalue weighted by molar-refractivity contribution is -0.125. The van der Waals surface area contributed by atoms with E-state index in [1.807, 2.05) is 43.9 Å². The van der Waals surface area contributed by atoms with Crippen molar-refractivity contribution in [1.82, 2.24) is 5.32 Å². The molecule has 1 aromatic carbocycles. The maximum atomic E-state index is 12.2. The highest BCUT2D eigenvalue weighted by molar-refractivity contribution is 9.10. The smallest absolute Gasteiger partial charge is 0.244 e. The Hall–Kier alpha value is -1.54. The zero-order chi connectivity index (χ0) is 14.9. The molecule has 0 radical (unpaired) electrons. The third-order valence-corrected chi connectivity index (χ3v) is 4.33. The predicted molar refractivity (Wildman–Crippen MR) is 82.5 cm³/mol. The van der Waals surface area contributed by atoms with Gasteiger partial charge in [-0.05, 0) is 38.5 Å². The number of hydrogen-bond donors (Lipinski definition) is 1. The minimum Gasteiger partial charge on any atom is -0.356 e. The quantitative estimate of drug-likeness (QED) is 0.904. The minimum absolute atomic E-state index is 0.0838. The summed E-state index contributed by atoms with van der Waals surface area (Å²) in [7, 11) is 0. The summed E-state index contributed by atoms with van der Waals surface area (Å²) >= 11 is 3.52. The van der Waals surface area contributed by atoms with Crippen molar-refractivity contribution < 1.29 is 4.79 Å². The standard InChI is InChI=1S/C15H18BrN3O/c1-10-4-5-11(8-12(10)16)19-9-15(2,3)18-14(20)13(19)6-7-17/h4-5,8,13H,6,9H2,1-3H3,(H,18,20). The Labute approximate surface area is 127 Å². The number of aryl methyl sites for hydroxylation is 1. The molecule has 1 N–H and O–H groups in total. The van der Waals surface area contributed by atoms with Crippen LogP contribution in [0.15, 0.2) is 22.7 Å². The maximum absolute atomic E-state index is 12.2. The lowest BCUT2D eigenvalue weighted by atomic mass is 9.96. The molecule has 106 valence electrons. The number of anilines is 1. The summed E-state index contributed by atoms with van der Waals surface area (Å²) in [5.41, 5.74) is 1.80. The van der Waals surface area contributed by atoms with Crippen LogP contribution in [0.25, 0.3) is 0 Å². The normalized spacial score (nSPS) is 21.2. The van der Waals surface area contributed by atoms with Gasteiger partial charge in [-0.2, -0.15) is 5.26 Å². The Bertz CT molecular complexity index is 577. The number of amides is 1. The van der Waals surface area contributed by atoms with Crippen molar-refractivity contribution >= 4 is 27.5 Å². The highest BCUT2D eigenvalue weighted by Crippen LogP contribution is 2.29. The van der Waals surface area contributed by atoms with E-state index >= 15 is 0 Å². The molecule has 20 heavy (non-hydrogen) atoms. The second-order valence-electron chi connectivity index (χ2n) is 5.81. The van der Waals surface area contributed by atoms with Gasteiger partial charge in [0.15, 0.2) is 0 Å². The second kappa shape index (κ2) is 5.45. The van der Waals surface area contributed by atoms with Gasteiger partial charge >= 0.3 is 0 Å². The van der Waals surface area contributed by atoms with Gasteiger partial charge in [0.05, 0.1) is 18.0 Å². The highest BCUT2D eigenvalue weighted by atomic mass is 79.9. The first kappa shape index (κ1) is 14.9. The Morgan fingerprint density at radius 3 is 2.85 bits per heavy atom. The fraction of sp³-hybridized carbons (Fsp3) is 0.467. The number of carbonyl (C=O) groups is 1. The van der Waals surface area contributed by atoms with Crippen molar-refractivity contribution in [2.75, 3.05) is 11.4 Å². The Morgan fingerprint density at radius 2 is 2.25 bits per heavy atom. The monoisotopic (exact) mass is 335 g/mol. The molecule has 0 bridgehead atoms. The lowest BCUT2D eigenvalue weighted by Crippen LogP contribution is -2.64. The van der Waals surface area contributed by atoms with E-state index in [0.29, 0.717) is 6.54 Å². The van der Waals surface area contributed by atoms with Crippen LogP contribution in [0.3, 0.4) is 0 Å². The first-order valence-corrected chi connectivity index (χ1v) is 7.35. The van der Waals surface area contributed by atoms with Gasteiger partial charge < -0.3 is 10.2 Å². The fourth-order valence-electron chi connectivity index (χ4n) is 2.45. The van der Waals surface area contributed by atoms with Crippen molar-refractivity contribution in [3.63, 3.8) is 0 Å². The summed E-state index contributed by atoms with van der Waals surface area (Å²) in [6.07, 6.45) is 0.188. The van der Waals surface area contributed by atoms with E-state index in [2.05, 4.69) is 27.3 Å². The van der Waals surface area contributed by atoms with Crippen molar-refractivity contribution in [3.8, 4) is 6.07 Å². The van der Waals surface area contributed by atoms with Crippen LogP contribution in [0, 0.1) is 18.3 Å². The van der Waals surface area contributed by atoms with Gasteiger partial charge in [0, 0.05) is 16.7 Å². The van der Waals surface area contributed by atoms with Crippen LogP contribution < -0.4 is 10.2 Å². The number of carbonyl (C=O) groups excluding carboxylic acids is 1. The van der Waals surface area contributed by atoms with E-state index in [1.54, 1.807) is 0 Å². The van der Waals surface area contributed by atoms with Crippen LogP contribution >= 0.6 is 15.9 Å². The van der Waals surface area contributed by atoms with Gasteiger partial charge in [-0.25, -0.2) is 0 Å². The number of nitrogens with zero attached hydrogens (tertiary/aromatic N) is 2. The molecule has 0 aromatic heterocycles. The third kappa shape index (κ3) is 2.96. The Morgan fingerprint density at radius 1 is 1.55 bits per heavy atom. The summed E-state index contributed by atoms with van der Waals surface area (Å²) < 4.78 is 1.01. The van der Waals surface area contributed by atoms with Gasteiger partial charge in [0.2, 0.25) is 5.91 Å². The van der Waals surface area contributed by atoms with E-state index in [4.69, 9.17) is 5.26 Å². The summed E-state index contributed by atoms with van der Waals surface area (Å²) in [5, 5.41) is 11.9. The van der Waals surface area contributed by atoms with E-state index < -0.39 is 6.04 Å². The Balaban J connectivity index is 2.40. The van der Waals surface area contributed by atoms with Gasteiger partial charge in [-0.1, -0.05) is 22.0 Å². The number of benzene rings is 1. The molecule has 2 rings (SSSR count). The number of piperazine rings is 1. The average Bonchev–Trinajstić information content (AvgIpc) is 2.35. The van der Waals surface area contributed by atoms with Crippen molar-refractivity contribution in [2.45, 2.75) is 38.8 Å². The largest absolute Gasteiger partial charge is 0.356 e. The molecule has 1 aliphatic rings. The molecule has 1 amide bonds. The molecule has 1 unspecified atom stereocenters. The summed E-state index contributed by atoms with van der Waals surface area (Å²) in [4.78, 5) is 14.2. The van der Waals surface area contributed by atoms with Crippen LogP contribution in [-0.4, -0.2) is 24.0 Å². The van der Waals surface area contributed by atoms with Crippen molar-refractivity contribution in [2.24, 2.45) is 0 Å². The highest BCUT2D eigenvalue weighted by Gasteiger charge is 2.38. The molecule has 5 heteroatoms. The molecule has 1 saturated heterocycles. The van der Waals surface area contributed by atoms with Crippen LogP contribution in [-0.2, 0) is 4.79 Å². The first-order valence-electron chi connectivity index (χ1n) is 6.56. The molecule has 0 spiro atoms. The number of halogens is 1. The molecule has 0 saturated carbocycles. The molecule has 1 aromatic rings. The third-order valence-electron chi connectivity index (χ3n) is 3.48. The van der Waals surface area contributed by atoms with Gasteiger partial charge in [0.1, 0.15) is 6.04 Å². The van der Waals surface area contributed by atoms with Crippen molar-refractivity contribution in [3.05, 3.63) is 28.2 Å². The molecule has 4 nitrogen and oxygen atoms in total. The lowest BCUT2D eigenvalue weighted by Gasteiger charge is -2.44. The number of nitrogens with one attached hydrogen (secondary N) is 1. The summed E-state index contributed by atoms with van der Waals surface area (Å²) in [5.74, 6) is -0.0838. The number of rotatable bonds is 2.